The summed E-state index contributed by atoms with van der Waals surface area (Å²) in [6.07, 6.45) is 4.03. The lowest BCUT2D eigenvalue weighted by Crippen LogP contribution is -2.29. The molecule has 2 atom stereocenters. The molecule has 2 N–H and O–H groups in total. The average Bonchev–Trinajstić information content (AvgIpc) is 3.48. The second-order valence-corrected chi connectivity index (χ2v) is 8.28. The lowest BCUT2D eigenvalue weighted by atomic mass is 9.81. The number of aryl methyl sites for hydroxylation is 1. The van der Waals surface area contributed by atoms with Crippen LogP contribution >= 0.6 is 11.6 Å². The molecule has 11 nitrogen and oxygen atoms in total. The summed E-state index contributed by atoms with van der Waals surface area (Å²) < 4.78 is 7.31. The van der Waals surface area contributed by atoms with Crippen LogP contribution in [0.5, 0.6) is 5.75 Å². The molecule has 12 heteroatoms. The normalized spacial score (nSPS) is 12.7. The van der Waals surface area contributed by atoms with Crippen molar-refractivity contribution in [2.75, 3.05) is 5.32 Å². The highest BCUT2D eigenvalue weighted by molar-refractivity contribution is 6.31. The summed E-state index contributed by atoms with van der Waals surface area (Å²) >= 11 is 6.54. The molecule has 0 bridgehead atoms. The first-order valence-electron chi connectivity index (χ1n) is 10.4. The number of nitrogens with zero attached hydrogens (tertiary/aromatic N) is 6. The smallest absolute Gasteiger partial charge is 0.296 e. The first kappa shape index (κ1) is 23.7. The molecule has 35 heavy (non-hydrogen) atoms. The minimum absolute atomic E-state index is 0.195. The number of aromatic nitrogens is 5. The van der Waals surface area contributed by atoms with Crippen LogP contribution in [0.3, 0.4) is 0 Å². The van der Waals surface area contributed by atoms with E-state index in [1.807, 2.05) is 12.1 Å². The van der Waals surface area contributed by atoms with Crippen molar-refractivity contribution in [2.45, 2.75) is 18.8 Å². The second-order valence-electron chi connectivity index (χ2n) is 7.87. The molecule has 1 aromatic carbocycles. The van der Waals surface area contributed by atoms with Gasteiger partial charge in [0.2, 0.25) is 5.75 Å². The maximum atomic E-state index is 12.9. The highest BCUT2D eigenvalue weighted by atomic mass is 35.5. The zero-order chi connectivity index (χ0) is 25.3. The summed E-state index contributed by atoms with van der Waals surface area (Å²) in [5.41, 5.74) is 0.547. The van der Waals surface area contributed by atoms with Gasteiger partial charge in [-0.2, -0.15) is 10.4 Å². The van der Waals surface area contributed by atoms with Crippen molar-refractivity contribution in [3.63, 3.8) is 0 Å². The van der Waals surface area contributed by atoms with Crippen LogP contribution in [0.2, 0.25) is 5.02 Å². The first-order valence-corrected chi connectivity index (χ1v) is 10.8. The monoisotopic (exact) mass is 493 g/mol. The predicted molar refractivity (Wildman–Crippen MR) is 125 cm³/mol. The molecule has 4 rings (SSSR count). The Morgan fingerprint density at radius 1 is 1.26 bits per heavy atom. The van der Waals surface area contributed by atoms with Crippen LogP contribution in [0.15, 0.2) is 52.2 Å². The van der Waals surface area contributed by atoms with Crippen LogP contribution in [0.1, 0.15) is 51.9 Å². The van der Waals surface area contributed by atoms with E-state index in [1.165, 1.54) is 28.8 Å². The number of carbonyl (C=O) groups is 1. The van der Waals surface area contributed by atoms with Crippen molar-refractivity contribution >= 4 is 23.2 Å². The number of aromatic hydroxyl groups is 1. The van der Waals surface area contributed by atoms with Crippen molar-refractivity contribution in [3.8, 4) is 11.8 Å². The van der Waals surface area contributed by atoms with Crippen molar-refractivity contribution in [3.05, 3.63) is 86.6 Å². The number of rotatable bonds is 6. The lowest BCUT2D eigenvalue weighted by Gasteiger charge is -2.26. The molecule has 1 amide bonds. The maximum Gasteiger partial charge on any atom is 0.296 e. The number of amides is 1. The van der Waals surface area contributed by atoms with Gasteiger partial charge in [-0.1, -0.05) is 41.9 Å². The van der Waals surface area contributed by atoms with E-state index in [2.05, 4.69) is 26.6 Å². The fourth-order valence-corrected chi connectivity index (χ4v) is 4.28. The largest absolute Gasteiger partial charge is 0.501 e. The van der Waals surface area contributed by atoms with Gasteiger partial charge >= 0.3 is 0 Å². The van der Waals surface area contributed by atoms with E-state index >= 15 is 0 Å². The van der Waals surface area contributed by atoms with E-state index in [9.17, 15) is 20.0 Å². The van der Waals surface area contributed by atoms with E-state index in [4.69, 9.17) is 16.1 Å². The Morgan fingerprint density at radius 3 is 2.66 bits per heavy atom. The van der Waals surface area contributed by atoms with Gasteiger partial charge in [0.05, 0.1) is 12.4 Å². The van der Waals surface area contributed by atoms with Gasteiger partial charge in [-0.3, -0.25) is 18.8 Å². The molecule has 0 unspecified atom stereocenters. The Morgan fingerprint density at radius 2 is 2.00 bits per heavy atom. The van der Waals surface area contributed by atoms with Gasteiger partial charge < -0.3 is 14.9 Å². The minimum Gasteiger partial charge on any atom is -0.501 e. The highest BCUT2D eigenvalue weighted by Gasteiger charge is 2.33. The SMILES string of the molecule is C[C@@H](c1nc(C(=O)Nc2cnoc2)c(O)c(=O)n1C)[C@H](c1ccccc1Cl)c1cnn(C)c1C#N. The number of anilines is 1. The summed E-state index contributed by atoms with van der Waals surface area (Å²) in [5.74, 6) is -2.55. The summed E-state index contributed by atoms with van der Waals surface area (Å²) in [7, 11) is 3.10. The fraction of sp³-hybridized carbons (Fsp3) is 0.217. The summed E-state index contributed by atoms with van der Waals surface area (Å²) in [5, 5.41) is 30.8. The Labute approximate surface area is 204 Å². The average molecular weight is 494 g/mol. The number of halogens is 1. The van der Waals surface area contributed by atoms with Crippen LogP contribution in [-0.4, -0.2) is 35.5 Å². The third-order valence-corrected chi connectivity index (χ3v) is 6.11. The molecule has 0 saturated carbocycles. The van der Waals surface area contributed by atoms with Gasteiger partial charge in [-0.15, -0.1) is 0 Å². The summed E-state index contributed by atoms with van der Waals surface area (Å²) in [4.78, 5) is 30.1. The first-order chi connectivity index (χ1) is 16.7. The minimum atomic E-state index is -0.815. The molecule has 178 valence electrons. The Hall–Kier alpha value is -4.43. The van der Waals surface area contributed by atoms with Crippen molar-refractivity contribution in [1.82, 2.24) is 24.5 Å². The lowest BCUT2D eigenvalue weighted by molar-refractivity contribution is 0.101. The standard InChI is InChI=1S/C23H20ClN7O4/c1-12(18(14-6-4-5-7-16(14)24)15-10-26-31(3)17(15)8-25)21-29-19(20(32)23(34)30(21)2)22(33)28-13-9-27-35-11-13/h4-7,9-12,18,32H,1-3H3,(H,28,33)/t12-,18-/m1/s1. The topological polar surface area (TPSA) is 152 Å². The van der Waals surface area contributed by atoms with Gasteiger partial charge in [0.1, 0.15) is 29.5 Å². The molecule has 0 radical (unpaired) electrons. The van der Waals surface area contributed by atoms with Gasteiger partial charge in [-0.25, -0.2) is 4.98 Å². The number of hydrogen-bond acceptors (Lipinski definition) is 8. The van der Waals surface area contributed by atoms with Crippen molar-refractivity contribution < 1.29 is 14.4 Å². The van der Waals surface area contributed by atoms with Gasteiger partial charge in [-0.05, 0) is 11.6 Å². The highest BCUT2D eigenvalue weighted by Crippen LogP contribution is 2.41. The van der Waals surface area contributed by atoms with E-state index in [0.29, 0.717) is 21.8 Å². The molecule has 0 aliphatic heterocycles. The molecule has 0 aliphatic carbocycles. The number of benzene rings is 1. The molecule has 0 aliphatic rings. The maximum absolute atomic E-state index is 12.9. The van der Waals surface area contributed by atoms with E-state index < -0.39 is 34.7 Å². The quantitative estimate of drug-likeness (QED) is 0.416. The van der Waals surface area contributed by atoms with Crippen LogP contribution in [-0.2, 0) is 14.1 Å². The molecular weight excluding hydrogens is 474 g/mol. The van der Waals surface area contributed by atoms with Gasteiger partial charge in [0.25, 0.3) is 11.5 Å². The third-order valence-electron chi connectivity index (χ3n) is 5.76. The third kappa shape index (κ3) is 4.27. The predicted octanol–water partition coefficient (Wildman–Crippen LogP) is 2.92. The molecule has 0 fully saturated rings. The molecule has 3 heterocycles. The number of carbonyl (C=O) groups excluding carboxylic acids is 1. The zero-order valence-corrected chi connectivity index (χ0v) is 19.7. The molecule has 0 spiro atoms. The number of nitriles is 1. The van der Waals surface area contributed by atoms with E-state index in [1.54, 1.807) is 32.3 Å². The number of nitrogens with one attached hydrogen (secondary N) is 1. The van der Waals surface area contributed by atoms with E-state index in [0.717, 1.165) is 0 Å². The van der Waals surface area contributed by atoms with Gasteiger partial charge in [0, 0.05) is 36.5 Å². The van der Waals surface area contributed by atoms with Gasteiger partial charge in [0.15, 0.2) is 5.69 Å². The molecule has 4 aromatic rings. The summed E-state index contributed by atoms with van der Waals surface area (Å²) in [6, 6.07) is 9.29. The molecular formula is C23H20ClN7O4. The molecule has 3 aromatic heterocycles. The second kappa shape index (κ2) is 9.44. The zero-order valence-electron chi connectivity index (χ0n) is 18.9. The van der Waals surface area contributed by atoms with Crippen LogP contribution in [0, 0.1) is 11.3 Å². The Bertz CT molecular complexity index is 1500. The fourth-order valence-electron chi connectivity index (χ4n) is 4.03. The van der Waals surface area contributed by atoms with Crippen LogP contribution in [0.4, 0.5) is 5.69 Å². The van der Waals surface area contributed by atoms with Crippen LogP contribution < -0.4 is 10.9 Å². The van der Waals surface area contributed by atoms with Crippen molar-refractivity contribution in [2.24, 2.45) is 14.1 Å². The van der Waals surface area contributed by atoms with Crippen LogP contribution in [0.25, 0.3) is 0 Å². The van der Waals surface area contributed by atoms with E-state index in [-0.39, 0.29) is 11.5 Å². The number of hydrogen-bond donors (Lipinski definition) is 2. The Kier molecular flexibility index (Phi) is 6.40. The molecule has 0 saturated heterocycles. The van der Waals surface area contributed by atoms with Crippen molar-refractivity contribution in [1.29, 1.82) is 5.26 Å². The Balaban J connectivity index is 1.88. The summed E-state index contributed by atoms with van der Waals surface area (Å²) in [6.45, 7) is 1.79.